The second-order valence-corrected chi connectivity index (χ2v) is 7.34. The van der Waals surface area contributed by atoms with Crippen LogP contribution >= 0.6 is 0 Å². The van der Waals surface area contributed by atoms with Crippen molar-refractivity contribution in [3.63, 3.8) is 0 Å². The lowest BCUT2D eigenvalue weighted by Crippen LogP contribution is -2.44. The molecule has 0 radical (unpaired) electrons. The van der Waals surface area contributed by atoms with Crippen molar-refractivity contribution in [3.8, 4) is 0 Å². The minimum atomic E-state index is -0.253. The van der Waals surface area contributed by atoms with Gasteiger partial charge < -0.3 is 10.2 Å². The van der Waals surface area contributed by atoms with Gasteiger partial charge in [-0.1, -0.05) is 38.1 Å². The lowest BCUT2D eigenvalue weighted by molar-refractivity contribution is -0.126. The maximum absolute atomic E-state index is 12.7. The Morgan fingerprint density at radius 1 is 1.18 bits per heavy atom. The molecule has 0 aliphatic carbocycles. The Morgan fingerprint density at radius 2 is 1.77 bits per heavy atom. The van der Waals surface area contributed by atoms with Crippen LogP contribution in [0.15, 0.2) is 24.3 Å². The molecule has 4 heteroatoms. The maximum Gasteiger partial charge on any atom is 0.241 e. The summed E-state index contributed by atoms with van der Waals surface area (Å²) in [5.74, 6) is 0.0612. The second kappa shape index (κ2) is 7.75. The molecule has 4 nitrogen and oxygen atoms in total. The molecule has 0 aliphatic rings. The van der Waals surface area contributed by atoms with Crippen LogP contribution in [0.3, 0.4) is 0 Å². The van der Waals surface area contributed by atoms with E-state index in [4.69, 9.17) is 0 Å². The van der Waals surface area contributed by atoms with Gasteiger partial charge in [0.05, 0.1) is 0 Å². The first-order chi connectivity index (χ1) is 10.1. The standard InChI is InChI=1S/C18H31N3O/c1-14-10-8-9-11-15(14)16(21(6)7)17(22)19-12-18(2,3)13-20(4)5/h8-11,16H,12-13H2,1-7H3,(H,19,22)/t16-/m1/s1. The fraction of sp³-hybridized carbons (Fsp3) is 0.611. The van der Waals surface area contributed by atoms with Crippen molar-refractivity contribution in [2.75, 3.05) is 41.3 Å². The number of carbonyl (C=O) groups is 1. The molecule has 1 atom stereocenters. The van der Waals surface area contributed by atoms with Crippen molar-refractivity contribution < 1.29 is 4.79 Å². The molecule has 0 bridgehead atoms. The quantitative estimate of drug-likeness (QED) is 0.839. The van der Waals surface area contributed by atoms with E-state index in [0.717, 1.165) is 17.7 Å². The monoisotopic (exact) mass is 305 g/mol. The molecule has 22 heavy (non-hydrogen) atoms. The normalized spacial score (nSPS) is 13.5. The highest BCUT2D eigenvalue weighted by Crippen LogP contribution is 2.22. The Balaban J connectivity index is 2.82. The van der Waals surface area contributed by atoms with E-state index >= 15 is 0 Å². The number of carbonyl (C=O) groups excluding carboxylic acids is 1. The molecule has 0 saturated carbocycles. The molecule has 1 amide bonds. The van der Waals surface area contributed by atoms with E-state index in [-0.39, 0.29) is 17.4 Å². The zero-order valence-corrected chi connectivity index (χ0v) is 15.1. The molecule has 124 valence electrons. The molecule has 0 saturated heterocycles. The van der Waals surface area contributed by atoms with Crippen molar-refractivity contribution in [1.29, 1.82) is 0 Å². The zero-order chi connectivity index (χ0) is 16.9. The molecule has 0 spiro atoms. The van der Waals surface area contributed by atoms with Gasteiger partial charge in [-0.3, -0.25) is 9.69 Å². The molecule has 1 N–H and O–H groups in total. The summed E-state index contributed by atoms with van der Waals surface area (Å²) in [6.45, 7) is 8.00. The van der Waals surface area contributed by atoms with E-state index in [9.17, 15) is 4.79 Å². The number of amides is 1. The number of rotatable bonds is 7. The summed E-state index contributed by atoms with van der Waals surface area (Å²) in [6, 6.07) is 7.82. The molecule has 1 aromatic carbocycles. The lowest BCUT2D eigenvalue weighted by Gasteiger charge is -2.31. The average Bonchev–Trinajstić information content (AvgIpc) is 2.37. The first kappa shape index (κ1) is 18.7. The van der Waals surface area contributed by atoms with E-state index in [0.29, 0.717) is 6.54 Å². The summed E-state index contributed by atoms with van der Waals surface area (Å²) < 4.78 is 0. The highest BCUT2D eigenvalue weighted by Gasteiger charge is 2.26. The van der Waals surface area contributed by atoms with E-state index in [1.54, 1.807) is 0 Å². The van der Waals surface area contributed by atoms with Gasteiger partial charge in [-0.15, -0.1) is 0 Å². The van der Waals surface area contributed by atoms with Crippen LogP contribution < -0.4 is 5.32 Å². The molecule has 0 fully saturated rings. The predicted molar refractivity (Wildman–Crippen MR) is 93.0 cm³/mol. The minimum Gasteiger partial charge on any atom is -0.354 e. The van der Waals surface area contributed by atoms with Crippen LogP contribution in [-0.4, -0.2) is 57.0 Å². The Kier molecular flexibility index (Phi) is 6.57. The van der Waals surface area contributed by atoms with Crippen LogP contribution in [0.1, 0.15) is 31.0 Å². The number of nitrogens with zero attached hydrogens (tertiary/aromatic N) is 2. The smallest absolute Gasteiger partial charge is 0.241 e. The number of nitrogens with one attached hydrogen (secondary N) is 1. The number of hydrogen-bond acceptors (Lipinski definition) is 3. The van der Waals surface area contributed by atoms with Gasteiger partial charge in [0.2, 0.25) is 5.91 Å². The fourth-order valence-corrected chi connectivity index (χ4v) is 2.88. The van der Waals surface area contributed by atoms with Crippen molar-refractivity contribution >= 4 is 5.91 Å². The van der Waals surface area contributed by atoms with Crippen LogP contribution in [0.4, 0.5) is 0 Å². The Morgan fingerprint density at radius 3 is 2.27 bits per heavy atom. The van der Waals surface area contributed by atoms with Gasteiger partial charge in [-0.2, -0.15) is 0 Å². The SMILES string of the molecule is Cc1ccccc1[C@H](C(=O)NCC(C)(C)CN(C)C)N(C)C. The number of likely N-dealkylation sites (N-methyl/N-ethyl adjacent to an activating group) is 1. The molecule has 0 unspecified atom stereocenters. The van der Waals surface area contributed by atoms with Crippen LogP contribution in [0.25, 0.3) is 0 Å². The van der Waals surface area contributed by atoms with E-state index < -0.39 is 0 Å². The number of benzene rings is 1. The molecular weight excluding hydrogens is 274 g/mol. The van der Waals surface area contributed by atoms with Gasteiger partial charge in [0.15, 0.2) is 0 Å². The number of hydrogen-bond donors (Lipinski definition) is 1. The Hall–Kier alpha value is -1.39. The summed E-state index contributed by atoms with van der Waals surface area (Å²) >= 11 is 0. The van der Waals surface area contributed by atoms with Crippen molar-refractivity contribution in [2.24, 2.45) is 5.41 Å². The molecule has 1 rings (SSSR count). The van der Waals surface area contributed by atoms with Crippen LogP contribution in [-0.2, 0) is 4.79 Å². The molecule has 0 aromatic heterocycles. The van der Waals surface area contributed by atoms with Gasteiger partial charge in [-0.25, -0.2) is 0 Å². The highest BCUT2D eigenvalue weighted by molar-refractivity contribution is 5.83. The maximum atomic E-state index is 12.7. The largest absolute Gasteiger partial charge is 0.354 e. The third-order valence-electron chi connectivity index (χ3n) is 3.73. The van der Waals surface area contributed by atoms with Crippen molar-refractivity contribution in [3.05, 3.63) is 35.4 Å². The van der Waals surface area contributed by atoms with Gasteiger partial charge >= 0.3 is 0 Å². The average molecular weight is 305 g/mol. The first-order valence-electron chi connectivity index (χ1n) is 7.78. The van der Waals surface area contributed by atoms with Crippen LogP contribution in [0, 0.1) is 12.3 Å². The van der Waals surface area contributed by atoms with Crippen molar-refractivity contribution in [2.45, 2.75) is 26.8 Å². The van der Waals surface area contributed by atoms with Crippen molar-refractivity contribution in [1.82, 2.24) is 15.1 Å². The Bertz CT molecular complexity index is 495. The second-order valence-electron chi connectivity index (χ2n) is 7.34. The number of aryl methyl sites for hydroxylation is 1. The molecule has 0 aliphatic heterocycles. The lowest BCUT2D eigenvalue weighted by atomic mass is 9.92. The van der Waals surface area contributed by atoms with Gasteiger partial charge in [0.25, 0.3) is 0 Å². The summed E-state index contributed by atoms with van der Waals surface area (Å²) in [5.41, 5.74) is 2.25. The topological polar surface area (TPSA) is 35.6 Å². The molecule has 1 aromatic rings. The summed E-state index contributed by atoms with van der Waals surface area (Å²) in [6.07, 6.45) is 0. The first-order valence-corrected chi connectivity index (χ1v) is 7.78. The predicted octanol–water partition coefficient (Wildman–Crippen LogP) is 2.30. The third kappa shape index (κ3) is 5.43. The molecular formula is C18H31N3O. The van der Waals surface area contributed by atoms with E-state index in [1.807, 2.05) is 37.2 Å². The van der Waals surface area contributed by atoms with Gasteiger partial charge in [0, 0.05) is 13.1 Å². The van der Waals surface area contributed by atoms with E-state index in [1.165, 1.54) is 0 Å². The van der Waals surface area contributed by atoms with E-state index in [2.05, 4.69) is 51.1 Å². The summed E-state index contributed by atoms with van der Waals surface area (Å²) in [7, 11) is 8.00. The van der Waals surface area contributed by atoms with Gasteiger partial charge in [-0.05, 0) is 51.7 Å². The third-order valence-corrected chi connectivity index (χ3v) is 3.73. The highest BCUT2D eigenvalue weighted by atomic mass is 16.2. The molecule has 0 heterocycles. The summed E-state index contributed by atoms with van der Waals surface area (Å²) in [5, 5.41) is 3.13. The van der Waals surface area contributed by atoms with Gasteiger partial charge in [0.1, 0.15) is 6.04 Å². The minimum absolute atomic E-state index is 0.0434. The fourth-order valence-electron chi connectivity index (χ4n) is 2.88. The zero-order valence-electron chi connectivity index (χ0n) is 15.1. The van der Waals surface area contributed by atoms with Crippen LogP contribution in [0.2, 0.25) is 0 Å². The summed E-state index contributed by atoms with van der Waals surface area (Å²) in [4.78, 5) is 16.8. The van der Waals surface area contributed by atoms with Crippen LogP contribution in [0.5, 0.6) is 0 Å². The Labute approximate surface area is 135 Å².